The molecule has 5 heterocycles. The van der Waals surface area contributed by atoms with Crippen molar-refractivity contribution in [3.05, 3.63) is 146 Å². The smallest absolute Gasteiger partial charge is 0.269 e. The van der Waals surface area contributed by atoms with Crippen molar-refractivity contribution < 1.29 is 0 Å². The van der Waals surface area contributed by atoms with Gasteiger partial charge in [0.05, 0.1) is 53.0 Å². The van der Waals surface area contributed by atoms with Gasteiger partial charge in [0.15, 0.2) is 0 Å². The maximum atomic E-state index is 14.3. The van der Waals surface area contributed by atoms with Crippen LogP contribution in [0.25, 0.3) is 130 Å². The predicted octanol–water partition coefficient (Wildman–Crippen LogP) is 9.03. The standard InChI is InChI=1S/C47H19N7O/c1-22-6-4-9-37-44(22)52-46-31-16-12-25-23-10-14-29-38-18-33(35(20-48)50-2)27-7-5-8-28-34(36(21-49)51-3)19-39(53(38)45(27)28)30-15-11-24(40(23)42(29)30)26-13-17-32(43(31)41(25)26)47(55)54(37)46/h4-19H,1H3/b35-33+,36-34+. The predicted molar refractivity (Wildman–Crippen MR) is 218 cm³/mol. The highest BCUT2D eigenvalue weighted by atomic mass is 16.1. The summed E-state index contributed by atoms with van der Waals surface area (Å²) in [5.74, 6) is 0. The van der Waals surface area contributed by atoms with Crippen molar-refractivity contribution in [1.82, 2.24) is 14.0 Å². The number of para-hydroxylation sites is 2. The van der Waals surface area contributed by atoms with Crippen LogP contribution in [0, 0.1) is 42.7 Å². The summed E-state index contributed by atoms with van der Waals surface area (Å²) in [5.41, 5.74) is 5.48. The Kier molecular flexibility index (Phi) is 5.20. The Balaban J connectivity index is 1.34. The summed E-state index contributed by atoms with van der Waals surface area (Å²) in [6, 6.07) is 36.4. The first-order valence-corrected chi connectivity index (χ1v) is 17.6. The Morgan fingerprint density at radius 3 is 1.62 bits per heavy atom. The van der Waals surface area contributed by atoms with E-state index in [0.29, 0.717) is 32.2 Å². The molecule has 10 aromatic rings. The lowest BCUT2D eigenvalue weighted by Crippen LogP contribution is -2.20. The second kappa shape index (κ2) is 9.77. The molecule has 0 aliphatic carbocycles. The Labute approximate surface area is 309 Å². The lowest BCUT2D eigenvalue weighted by Gasteiger charge is -2.26. The fraction of sp³-hybridized carbons (Fsp3) is 0.0213. The normalized spacial score (nSPS) is 13.4. The van der Waals surface area contributed by atoms with Gasteiger partial charge < -0.3 is 4.57 Å². The van der Waals surface area contributed by atoms with E-state index < -0.39 is 0 Å². The third kappa shape index (κ3) is 3.26. The fourth-order valence-corrected chi connectivity index (χ4v) is 9.65. The van der Waals surface area contributed by atoms with Crippen molar-refractivity contribution in [1.29, 1.82) is 10.5 Å². The molecule has 2 aliphatic rings. The SMILES string of the molecule is [C-]#[N+]/C(C#N)=c1\cc2c3ccc4c5ccc6c(=O)n7c8cccc(C)c8nc7c7ccc(c8ccc(c3c48)c3c/c(=C(/C#N)[N+]#[C-])c4cccc1c4-n23)c5c67. The van der Waals surface area contributed by atoms with Crippen LogP contribution in [0.5, 0.6) is 0 Å². The molecule has 2 aliphatic heterocycles. The van der Waals surface area contributed by atoms with E-state index in [4.69, 9.17) is 18.1 Å². The van der Waals surface area contributed by atoms with Crippen LogP contribution >= 0.6 is 0 Å². The molecule has 0 amide bonds. The van der Waals surface area contributed by atoms with Crippen LogP contribution < -0.4 is 16.0 Å². The van der Waals surface area contributed by atoms with Crippen LogP contribution in [0.1, 0.15) is 5.56 Å². The van der Waals surface area contributed by atoms with E-state index in [1.807, 2.05) is 61.5 Å². The van der Waals surface area contributed by atoms with E-state index >= 15 is 0 Å². The van der Waals surface area contributed by atoms with Gasteiger partial charge >= 0.3 is 0 Å². The van der Waals surface area contributed by atoms with Gasteiger partial charge in [-0.05, 0) is 85.9 Å². The van der Waals surface area contributed by atoms with Crippen LogP contribution in [0.3, 0.4) is 0 Å². The Bertz CT molecular complexity index is 3950. The van der Waals surface area contributed by atoms with Crippen molar-refractivity contribution in [2.75, 3.05) is 0 Å². The van der Waals surface area contributed by atoms with E-state index in [-0.39, 0.29) is 17.0 Å². The first-order valence-electron chi connectivity index (χ1n) is 17.6. The van der Waals surface area contributed by atoms with Gasteiger partial charge in [-0.3, -0.25) is 9.20 Å². The number of nitrogens with zero attached hydrogens (tertiary/aromatic N) is 7. The number of imidazole rings is 1. The van der Waals surface area contributed by atoms with E-state index in [1.54, 1.807) is 4.40 Å². The van der Waals surface area contributed by atoms with Crippen molar-refractivity contribution in [2.45, 2.75) is 6.92 Å². The number of aryl methyl sites for hydroxylation is 1. The maximum Gasteiger partial charge on any atom is 0.269 e. The van der Waals surface area contributed by atoms with Crippen molar-refractivity contribution in [2.24, 2.45) is 0 Å². The minimum atomic E-state index is -0.0939. The molecule has 0 radical (unpaired) electrons. The number of fused-ring (bicyclic) bond motifs is 8. The summed E-state index contributed by atoms with van der Waals surface area (Å²) in [5, 5.41) is 34.2. The van der Waals surface area contributed by atoms with Crippen molar-refractivity contribution >= 4 is 115 Å². The Hall–Kier alpha value is -8.30. The highest BCUT2D eigenvalue weighted by Crippen LogP contribution is 2.48. The van der Waals surface area contributed by atoms with Crippen LogP contribution in [0.4, 0.5) is 0 Å². The van der Waals surface area contributed by atoms with Gasteiger partial charge in [0.25, 0.3) is 17.0 Å². The number of benzene rings is 7. The average Bonchev–Trinajstić information content (AvgIpc) is 3.62. The number of hydrogen-bond acceptors (Lipinski definition) is 4. The van der Waals surface area contributed by atoms with E-state index in [0.717, 1.165) is 92.6 Å². The first-order chi connectivity index (χ1) is 27.0. The Morgan fingerprint density at radius 2 is 1.07 bits per heavy atom. The van der Waals surface area contributed by atoms with Crippen LogP contribution in [0.2, 0.25) is 0 Å². The third-order valence-corrected chi connectivity index (χ3v) is 11.8. The molecule has 0 saturated heterocycles. The molecule has 55 heavy (non-hydrogen) atoms. The van der Waals surface area contributed by atoms with Gasteiger partial charge in [-0.1, -0.05) is 66.7 Å². The van der Waals surface area contributed by atoms with E-state index in [2.05, 4.69) is 68.9 Å². The van der Waals surface area contributed by atoms with Crippen molar-refractivity contribution in [3.8, 4) is 17.8 Å². The molecular formula is C47H19N7O. The summed E-state index contributed by atoms with van der Waals surface area (Å²) in [6.07, 6.45) is 0. The summed E-state index contributed by atoms with van der Waals surface area (Å²) >= 11 is 0. The van der Waals surface area contributed by atoms with Gasteiger partial charge in [0, 0.05) is 42.8 Å². The molecule has 248 valence electrons. The maximum absolute atomic E-state index is 14.3. The van der Waals surface area contributed by atoms with Gasteiger partial charge in [-0.15, -0.1) is 0 Å². The van der Waals surface area contributed by atoms with Crippen LogP contribution in [-0.2, 0) is 0 Å². The highest BCUT2D eigenvalue weighted by molar-refractivity contribution is 6.41. The molecule has 3 aromatic heterocycles. The lowest BCUT2D eigenvalue weighted by atomic mass is 9.85. The lowest BCUT2D eigenvalue weighted by molar-refractivity contribution is 1.17. The largest absolute Gasteiger partial charge is 0.308 e. The zero-order valence-corrected chi connectivity index (χ0v) is 28.8. The molecule has 8 heteroatoms. The minimum Gasteiger partial charge on any atom is -0.308 e. The quantitative estimate of drug-likeness (QED) is 0.0898. The fourth-order valence-electron chi connectivity index (χ4n) is 9.65. The Morgan fingerprint density at radius 1 is 0.600 bits per heavy atom. The average molecular weight is 698 g/mol. The molecule has 0 N–H and O–H groups in total. The van der Waals surface area contributed by atoms with Gasteiger partial charge in [0.2, 0.25) is 0 Å². The zero-order valence-electron chi connectivity index (χ0n) is 28.8. The summed E-state index contributed by atoms with van der Waals surface area (Å²) in [4.78, 5) is 26.6. The van der Waals surface area contributed by atoms with Crippen molar-refractivity contribution in [3.63, 3.8) is 0 Å². The highest BCUT2D eigenvalue weighted by Gasteiger charge is 2.26. The number of hydrogen-bond donors (Lipinski definition) is 0. The van der Waals surface area contributed by atoms with Gasteiger partial charge in [0.1, 0.15) is 5.65 Å². The third-order valence-electron chi connectivity index (χ3n) is 11.8. The monoisotopic (exact) mass is 697 g/mol. The number of pyridine rings is 4. The molecule has 0 fully saturated rings. The molecule has 8 nitrogen and oxygen atoms in total. The van der Waals surface area contributed by atoms with Gasteiger partial charge in [-0.25, -0.2) is 25.2 Å². The zero-order chi connectivity index (χ0) is 37.0. The molecular weight excluding hydrogens is 679 g/mol. The first kappa shape index (κ1) is 29.3. The molecule has 0 spiro atoms. The molecule has 0 unspecified atom stereocenters. The second-order valence-electron chi connectivity index (χ2n) is 14.2. The number of nitriles is 2. The number of rotatable bonds is 0. The molecule has 12 rings (SSSR count). The molecule has 0 atom stereocenters. The van der Waals surface area contributed by atoms with Crippen LogP contribution in [-0.4, -0.2) is 14.0 Å². The second-order valence-corrected chi connectivity index (χ2v) is 14.2. The summed E-state index contributed by atoms with van der Waals surface area (Å²) in [7, 11) is 0. The molecule has 0 bridgehead atoms. The molecule has 0 saturated carbocycles. The summed E-state index contributed by atoms with van der Waals surface area (Å²) < 4.78 is 3.90. The van der Waals surface area contributed by atoms with E-state index in [9.17, 15) is 15.3 Å². The van der Waals surface area contributed by atoms with E-state index in [1.165, 1.54) is 0 Å². The van der Waals surface area contributed by atoms with Gasteiger partial charge in [-0.2, -0.15) is 0 Å². The molecule has 7 aromatic carbocycles. The summed E-state index contributed by atoms with van der Waals surface area (Å²) in [6.45, 7) is 17.8. The number of aromatic nitrogens is 3. The van der Waals surface area contributed by atoms with Crippen LogP contribution in [0.15, 0.2) is 102 Å². The topological polar surface area (TPSA) is 95.6 Å². The minimum absolute atomic E-state index is 0.0340.